The Bertz CT molecular complexity index is 1220. The molecule has 148 valence electrons. The van der Waals surface area contributed by atoms with Crippen LogP contribution in [0.25, 0.3) is 16.6 Å². The average Bonchev–Trinajstić information content (AvgIpc) is 2.67. The summed E-state index contributed by atoms with van der Waals surface area (Å²) in [6, 6.07) is 3.85. The van der Waals surface area contributed by atoms with E-state index in [9.17, 15) is 26.4 Å². The van der Waals surface area contributed by atoms with Gasteiger partial charge in [-0.3, -0.25) is 4.79 Å². The van der Waals surface area contributed by atoms with Crippen molar-refractivity contribution in [2.24, 2.45) is 0 Å². The van der Waals surface area contributed by atoms with Crippen LogP contribution in [0, 0.1) is 0 Å². The summed E-state index contributed by atoms with van der Waals surface area (Å²) < 4.78 is 69.5. The molecule has 0 radical (unpaired) electrons. The van der Waals surface area contributed by atoms with Crippen LogP contribution in [-0.2, 0) is 16.0 Å². The third-order valence-corrected chi connectivity index (χ3v) is 5.81. The molecular weight excluding hydrogens is 399 g/mol. The lowest BCUT2D eigenvalue weighted by atomic mass is 10.1. The van der Waals surface area contributed by atoms with Gasteiger partial charge >= 0.3 is 6.18 Å². The Morgan fingerprint density at radius 2 is 1.89 bits per heavy atom. The summed E-state index contributed by atoms with van der Waals surface area (Å²) in [7, 11) is -2.52. The number of alkyl halides is 3. The number of benzene rings is 1. The minimum atomic E-state index is -4.64. The van der Waals surface area contributed by atoms with Crippen molar-refractivity contribution in [2.45, 2.75) is 18.0 Å². The largest absolute Gasteiger partial charge is 0.495 e. The van der Waals surface area contributed by atoms with E-state index in [-0.39, 0.29) is 33.0 Å². The van der Waals surface area contributed by atoms with Crippen molar-refractivity contribution in [1.29, 1.82) is 0 Å². The highest BCUT2D eigenvalue weighted by molar-refractivity contribution is 7.91. The summed E-state index contributed by atoms with van der Waals surface area (Å²) >= 11 is 0. The number of methoxy groups -OCH3 is 1. The highest BCUT2D eigenvalue weighted by Crippen LogP contribution is 2.30. The first-order valence-electron chi connectivity index (χ1n) is 7.95. The van der Waals surface area contributed by atoms with Gasteiger partial charge in [-0.2, -0.15) is 23.0 Å². The molecule has 0 aliphatic heterocycles. The number of hydrogen-bond acceptors (Lipinski definition) is 6. The quantitative estimate of drug-likeness (QED) is 0.653. The molecule has 0 saturated carbocycles. The highest BCUT2D eigenvalue weighted by atomic mass is 32.2. The van der Waals surface area contributed by atoms with Crippen molar-refractivity contribution in [3.05, 3.63) is 52.6 Å². The van der Waals surface area contributed by atoms with Crippen LogP contribution < -0.4 is 10.3 Å². The number of aromatic nitrogens is 3. The van der Waals surface area contributed by atoms with Gasteiger partial charge in [0.15, 0.2) is 15.7 Å². The summed E-state index contributed by atoms with van der Waals surface area (Å²) in [5, 5.41) is 3.81. The van der Waals surface area contributed by atoms with Crippen molar-refractivity contribution in [3.8, 4) is 11.6 Å². The van der Waals surface area contributed by atoms with Crippen molar-refractivity contribution in [1.82, 2.24) is 14.8 Å². The van der Waals surface area contributed by atoms with Crippen LogP contribution >= 0.6 is 0 Å². The van der Waals surface area contributed by atoms with E-state index in [1.165, 1.54) is 32.5 Å². The lowest BCUT2D eigenvalue weighted by Gasteiger charge is -2.12. The van der Waals surface area contributed by atoms with Crippen LogP contribution in [-0.4, -0.2) is 36.0 Å². The van der Waals surface area contributed by atoms with E-state index in [1.54, 1.807) is 0 Å². The lowest BCUT2D eigenvalue weighted by molar-refractivity contribution is -0.137. The molecule has 0 atom stereocenters. The van der Waals surface area contributed by atoms with Gasteiger partial charge in [-0.25, -0.2) is 13.4 Å². The normalized spacial score (nSPS) is 12.3. The Morgan fingerprint density at radius 1 is 1.18 bits per heavy atom. The number of pyridine rings is 1. The minimum Gasteiger partial charge on any atom is -0.495 e. The number of sulfone groups is 1. The first-order chi connectivity index (χ1) is 13.1. The third-order valence-electron chi connectivity index (χ3n) is 4.07. The molecular formula is C17H14F3N3O4S. The van der Waals surface area contributed by atoms with Crippen LogP contribution in [0.2, 0.25) is 0 Å². The summed E-state index contributed by atoms with van der Waals surface area (Å²) in [6.07, 6.45) is -2.27. The zero-order chi connectivity index (χ0) is 20.7. The topological polar surface area (TPSA) is 91.2 Å². The van der Waals surface area contributed by atoms with Crippen LogP contribution in [0.15, 0.2) is 46.3 Å². The van der Waals surface area contributed by atoms with E-state index >= 15 is 0 Å². The maximum absolute atomic E-state index is 13.0. The van der Waals surface area contributed by atoms with Gasteiger partial charge < -0.3 is 4.74 Å². The predicted molar refractivity (Wildman–Crippen MR) is 94.4 cm³/mol. The fraction of sp³-hybridized carbons (Fsp3) is 0.235. The molecule has 0 spiro atoms. The van der Waals surface area contributed by atoms with Gasteiger partial charge in [0, 0.05) is 11.5 Å². The van der Waals surface area contributed by atoms with E-state index in [2.05, 4.69) is 10.1 Å². The Hall–Kier alpha value is -2.95. The van der Waals surface area contributed by atoms with Gasteiger partial charge in [-0.15, -0.1) is 0 Å². The van der Waals surface area contributed by atoms with Crippen molar-refractivity contribution in [3.63, 3.8) is 0 Å². The highest BCUT2D eigenvalue weighted by Gasteiger charge is 2.31. The molecule has 0 fully saturated rings. The summed E-state index contributed by atoms with van der Waals surface area (Å²) in [5.41, 5.74) is -1.92. The Labute approximate surface area is 157 Å². The molecule has 3 aromatic rings. The van der Waals surface area contributed by atoms with Crippen LogP contribution in [0.1, 0.15) is 12.5 Å². The van der Waals surface area contributed by atoms with E-state index in [1.807, 2.05) is 0 Å². The molecule has 2 aromatic heterocycles. The number of nitrogens with zero attached hydrogens (tertiary/aromatic N) is 3. The lowest BCUT2D eigenvalue weighted by Crippen LogP contribution is -2.24. The smallest absolute Gasteiger partial charge is 0.416 e. The number of hydrogen-bond donors (Lipinski definition) is 0. The number of rotatable bonds is 4. The summed E-state index contributed by atoms with van der Waals surface area (Å²) in [4.78, 5) is 16.4. The van der Waals surface area contributed by atoms with E-state index in [4.69, 9.17) is 4.74 Å². The molecule has 0 saturated heterocycles. The predicted octanol–water partition coefficient (Wildman–Crippen LogP) is 2.60. The maximum atomic E-state index is 13.0. The first kappa shape index (κ1) is 19.8. The Balaban J connectivity index is 2.33. The molecule has 11 heteroatoms. The Kier molecular flexibility index (Phi) is 4.88. The van der Waals surface area contributed by atoms with E-state index in [0.29, 0.717) is 10.7 Å². The molecule has 0 unspecified atom stereocenters. The number of ether oxygens (including phenoxy) is 1. The van der Waals surface area contributed by atoms with Gasteiger partial charge in [0.2, 0.25) is 0 Å². The number of fused-ring (bicyclic) bond motifs is 1. The van der Waals surface area contributed by atoms with Gasteiger partial charge in [0.05, 0.1) is 36.2 Å². The molecule has 2 heterocycles. The molecule has 1 aromatic carbocycles. The molecule has 0 bridgehead atoms. The van der Waals surface area contributed by atoms with Crippen molar-refractivity contribution >= 4 is 20.6 Å². The van der Waals surface area contributed by atoms with Gasteiger partial charge in [0.1, 0.15) is 10.6 Å². The zero-order valence-electron chi connectivity index (χ0n) is 14.7. The van der Waals surface area contributed by atoms with Crippen LogP contribution in [0.4, 0.5) is 13.2 Å². The Morgan fingerprint density at radius 3 is 2.50 bits per heavy atom. The molecule has 7 nitrogen and oxygen atoms in total. The van der Waals surface area contributed by atoms with Gasteiger partial charge in [0.25, 0.3) is 5.56 Å². The maximum Gasteiger partial charge on any atom is 0.416 e. The molecule has 0 aliphatic carbocycles. The van der Waals surface area contributed by atoms with Gasteiger partial charge in [-0.05, 0) is 12.1 Å². The molecule has 3 rings (SSSR count). The number of halogens is 3. The SMILES string of the molecule is CCS(=O)(=O)c1cc(OC)cnc1-n1ncc2ccc(C(F)(F)F)cc2c1=O. The van der Waals surface area contributed by atoms with Gasteiger partial charge in [-0.1, -0.05) is 13.0 Å². The van der Waals surface area contributed by atoms with Crippen molar-refractivity contribution in [2.75, 3.05) is 12.9 Å². The van der Waals surface area contributed by atoms with Crippen LogP contribution in [0.5, 0.6) is 5.75 Å². The fourth-order valence-electron chi connectivity index (χ4n) is 2.54. The summed E-state index contributed by atoms with van der Waals surface area (Å²) in [5.74, 6) is -0.453. The average molecular weight is 413 g/mol. The van der Waals surface area contributed by atoms with Crippen molar-refractivity contribution < 1.29 is 26.3 Å². The molecule has 0 amide bonds. The van der Waals surface area contributed by atoms with E-state index in [0.717, 1.165) is 12.1 Å². The monoisotopic (exact) mass is 413 g/mol. The second-order valence-electron chi connectivity index (χ2n) is 5.76. The van der Waals surface area contributed by atoms with Crippen LogP contribution in [0.3, 0.4) is 0 Å². The molecule has 28 heavy (non-hydrogen) atoms. The first-order valence-corrected chi connectivity index (χ1v) is 9.60. The molecule has 0 aliphatic rings. The zero-order valence-corrected chi connectivity index (χ0v) is 15.5. The second kappa shape index (κ2) is 6.89. The minimum absolute atomic E-state index is 0.143. The third kappa shape index (κ3) is 3.44. The second-order valence-corrected chi connectivity index (χ2v) is 8.01. The fourth-order valence-corrected chi connectivity index (χ4v) is 3.57. The van der Waals surface area contributed by atoms with E-state index < -0.39 is 27.1 Å². The molecule has 0 N–H and O–H groups in total. The summed E-state index contributed by atoms with van der Waals surface area (Å²) in [6.45, 7) is 1.41. The standard InChI is InChI=1S/C17H14F3N3O4S/c1-3-28(25,26)14-7-12(27-2)9-21-15(14)23-16(24)13-6-11(17(18,19)20)5-4-10(13)8-22-23/h4-9H,3H2,1-2H3.